The normalized spacial score (nSPS) is 23.4. The van der Waals surface area contributed by atoms with Crippen LogP contribution < -0.4 is 4.90 Å². The van der Waals surface area contributed by atoms with E-state index in [-0.39, 0.29) is 17.5 Å². The molecule has 1 heterocycles. The van der Waals surface area contributed by atoms with Gasteiger partial charge in [0.1, 0.15) is 0 Å². The Morgan fingerprint density at radius 2 is 1.27 bits per heavy atom. The Hall–Kier alpha value is -6.64. The van der Waals surface area contributed by atoms with Gasteiger partial charge in [0.15, 0.2) is 0 Å². The van der Waals surface area contributed by atoms with Gasteiger partial charge in [0.25, 0.3) is 0 Å². The molecule has 2 heteroatoms. The van der Waals surface area contributed by atoms with Gasteiger partial charge in [0.05, 0.1) is 23.0 Å². The molecule has 63 heavy (non-hydrogen) atoms. The minimum atomic E-state index is -0.164. The first-order valence-corrected chi connectivity index (χ1v) is 23.6. The molecular weight excluding hydrogens is 761 g/mol. The summed E-state index contributed by atoms with van der Waals surface area (Å²) in [5, 5.41) is 1.36. The van der Waals surface area contributed by atoms with Crippen molar-refractivity contribution < 1.29 is 0 Å². The van der Waals surface area contributed by atoms with Crippen LogP contribution in [0.1, 0.15) is 79.3 Å². The largest absolute Gasteiger partial charge is 0.358 e. The number of aromatic nitrogens is 1. The van der Waals surface area contributed by atoms with Gasteiger partial charge in [-0.1, -0.05) is 164 Å². The van der Waals surface area contributed by atoms with Crippen LogP contribution in [0.5, 0.6) is 0 Å². The second-order valence-electron chi connectivity index (χ2n) is 18.6. The third-order valence-electron chi connectivity index (χ3n) is 15.5. The summed E-state index contributed by atoms with van der Waals surface area (Å²) in [7, 11) is 0. The molecule has 3 unspecified atom stereocenters. The first kappa shape index (κ1) is 37.0. The first-order chi connectivity index (χ1) is 31.3. The van der Waals surface area contributed by atoms with Gasteiger partial charge in [-0.15, -0.1) is 0 Å². The van der Waals surface area contributed by atoms with Crippen LogP contribution in [0.3, 0.4) is 0 Å². The predicted molar refractivity (Wildman–Crippen MR) is 264 cm³/mol. The molecule has 0 N–H and O–H groups in total. The Bertz CT molecular complexity index is 3060. The molecule has 2 nitrogen and oxygen atoms in total. The van der Waals surface area contributed by atoms with Crippen LogP contribution in [0.15, 0.2) is 210 Å². The topological polar surface area (TPSA) is 8.17 Å². The van der Waals surface area contributed by atoms with Crippen molar-refractivity contribution in [1.82, 2.24) is 4.57 Å². The van der Waals surface area contributed by atoms with Gasteiger partial charge < -0.3 is 9.47 Å². The SMILES string of the molecule is C1=CC2=C(CC1)C1(C3=C2C=CCC3)c2ccccc2-c2cc(N(C3C=CC(c4ccccc4)=CC3)C3C=CC(C4C=CC(n5c6c(c7ccccc75)C=CCC6)=CC4)=CC3)ccc21. The fourth-order valence-electron chi connectivity index (χ4n) is 12.8. The number of benzene rings is 4. The highest BCUT2D eigenvalue weighted by Gasteiger charge is 2.53. The van der Waals surface area contributed by atoms with E-state index in [1.807, 2.05) is 0 Å². The summed E-state index contributed by atoms with van der Waals surface area (Å²) in [6, 6.07) is 37.3. The maximum atomic E-state index is 2.74. The molecule has 0 radical (unpaired) electrons. The van der Waals surface area contributed by atoms with E-state index in [1.165, 1.54) is 83.7 Å². The third kappa shape index (κ3) is 5.63. The van der Waals surface area contributed by atoms with Crippen LogP contribution in [-0.2, 0) is 11.8 Å². The minimum absolute atomic E-state index is 0.164. The van der Waals surface area contributed by atoms with E-state index in [2.05, 4.69) is 198 Å². The maximum absolute atomic E-state index is 2.74. The van der Waals surface area contributed by atoms with Gasteiger partial charge >= 0.3 is 0 Å². The van der Waals surface area contributed by atoms with E-state index in [9.17, 15) is 0 Å². The molecule has 0 bridgehead atoms. The zero-order valence-corrected chi connectivity index (χ0v) is 35.9. The fraction of sp³-hybridized carbons (Fsp3) is 0.213. The van der Waals surface area contributed by atoms with Gasteiger partial charge in [-0.2, -0.15) is 0 Å². The van der Waals surface area contributed by atoms with E-state index < -0.39 is 0 Å². The average molecular weight is 813 g/mol. The number of anilines is 1. The second-order valence-corrected chi connectivity index (χ2v) is 18.6. The van der Waals surface area contributed by atoms with Crippen LogP contribution in [0.2, 0.25) is 0 Å². The summed E-state index contributed by atoms with van der Waals surface area (Å²) in [4.78, 5) is 2.74. The molecule has 8 aliphatic carbocycles. The molecule has 0 aliphatic heterocycles. The lowest BCUT2D eigenvalue weighted by Gasteiger charge is -2.40. The first-order valence-electron chi connectivity index (χ1n) is 23.6. The molecule has 13 rings (SSSR count). The van der Waals surface area contributed by atoms with Crippen molar-refractivity contribution in [1.29, 1.82) is 0 Å². The molecule has 3 atom stereocenters. The quantitative estimate of drug-likeness (QED) is 0.166. The van der Waals surface area contributed by atoms with E-state index in [4.69, 9.17) is 0 Å². The molecule has 4 aromatic carbocycles. The van der Waals surface area contributed by atoms with E-state index in [0.717, 1.165) is 57.8 Å². The molecule has 1 spiro atoms. The van der Waals surface area contributed by atoms with Crippen molar-refractivity contribution in [2.24, 2.45) is 5.92 Å². The zero-order chi connectivity index (χ0) is 41.5. The van der Waals surface area contributed by atoms with E-state index >= 15 is 0 Å². The molecule has 5 aromatic rings. The van der Waals surface area contributed by atoms with Crippen LogP contribution in [-0.4, -0.2) is 16.7 Å². The molecule has 0 fully saturated rings. The van der Waals surface area contributed by atoms with Gasteiger partial charge in [-0.25, -0.2) is 0 Å². The summed E-state index contributed by atoms with van der Waals surface area (Å²) in [5.74, 6) is 0.379. The Morgan fingerprint density at radius 3 is 2.03 bits per heavy atom. The highest BCUT2D eigenvalue weighted by atomic mass is 15.2. The van der Waals surface area contributed by atoms with Crippen molar-refractivity contribution in [3.63, 3.8) is 0 Å². The molecule has 8 aliphatic rings. The summed E-state index contributed by atoms with van der Waals surface area (Å²) in [5.41, 5.74) is 22.7. The standard InChI is InChI=1S/C61H52N2/c1-2-14-41(15-3-1)42-26-32-45(33-27-42)62(46-34-28-43(29-35-46)44-30-36-47(37-31-44)63-59-24-12-7-19-52(59)53-20-8-13-25-60(53)63)48-38-39-58-54(40-48)51-18-6-11-23-57(51)61(58)55-21-9-4-16-49(55)50-17-5-10-22-56(50)61/h1-8,11-12,14-20,23-24,26-30,32,34,36-40,44-46H,9-10,13,21-22,25,31,33,35H2. The van der Waals surface area contributed by atoms with Crippen LogP contribution in [0, 0.1) is 5.92 Å². The van der Waals surface area contributed by atoms with Gasteiger partial charge in [-0.05, 0) is 143 Å². The van der Waals surface area contributed by atoms with Gasteiger partial charge in [0, 0.05) is 33.9 Å². The monoisotopic (exact) mass is 812 g/mol. The van der Waals surface area contributed by atoms with E-state index in [0.29, 0.717) is 5.92 Å². The molecule has 0 amide bonds. The summed E-state index contributed by atoms with van der Waals surface area (Å²) in [6.07, 6.45) is 46.1. The minimum Gasteiger partial charge on any atom is -0.358 e. The van der Waals surface area contributed by atoms with Crippen LogP contribution >= 0.6 is 0 Å². The van der Waals surface area contributed by atoms with Crippen molar-refractivity contribution in [2.45, 2.75) is 75.3 Å². The number of rotatable bonds is 6. The maximum Gasteiger partial charge on any atom is 0.0651 e. The lowest BCUT2D eigenvalue weighted by Crippen LogP contribution is -2.42. The molecular formula is C61H52N2. The highest BCUT2D eigenvalue weighted by Crippen LogP contribution is 2.65. The number of nitrogens with zero attached hydrogens (tertiary/aromatic N) is 2. The van der Waals surface area contributed by atoms with E-state index in [1.54, 1.807) is 11.1 Å². The Labute approximate surface area is 372 Å². The third-order valence-corrected chi connectivity index (χ3v) is 15.5. The number of hydrogen-bond acceptors (Lipinski definition) is 1. The summed E-state index contributed by atoms with van der Waals surface area (Å²) >= 11 is 0. The average Bonchev–Trinajstić information content (AvgIpc) is 3.97. The van der Waals surface area contributed by atoms with Crippen molar-refractivity contribution in [3.8, 4) is 11.1 Å². The number of fused-ring (bicyclic) bond motifs is 11. The van der Waals surface area contributed by atoms with Crippen LogP contribution in [0.4, 0.5) is 5.69 Å². The van der Waals surface area contributed by atoms with Gasteiger partial charge in [0.2, 0.25) is 0 Å². The smallest absolute Gasteiger partial charge is 0.0651 e. The van der Waals surface area contributed by atoms with Crippen molar-refractivity contribution >= 4 is 33.9 Å². The summed E-state index contributed by atoms with van der Waals surface area (Å²) < 4.78 is 2.53. The lowest BCUT2D eigenvalue weighted by molar-refractivity contribution is 0.609. The lowest BCUT2D eigenvalue weighted by atomic mass is 9.66. The Morgan fingerprint density at radius 1 is 0.556 bits per heavy atom. The zero-order valence-electron chi connectivity index (χ0n) is 35.9. The number of hydrogen-bond donors (Lipinski definition) is 0. The number of para-hydroxylation sites is 1. The second kappa shape index (κ2) is 14.7. The molecule has 1 aromatic heterocycles. The number of allylic oxidation sites excluding steroid dienone is 17. The van der Waals surface area contributed by atoms with Crippen molar-refractivity contribution in [3.05, 3.63) is 238 Å². The fourth-order valence-corrected chi connectivity index (χ4v) is 12.8. The van der Waals surface area contributed by atoms with Crippen LogP contribution in [0.25, 0.3) is 39.4 Å². The predicted octanol–water partition coefficient (Wildman–Crippen LogP) is 14.8. The van der Waals surface area contributed by atoms with Gasteiger partial charge in [-0.3, -0.25) is 0 Å². The molecule has 0 saturated carbocycles. The summed E-state index contributed by atoms with van der Waals surface area (Å²) in [6.45, 7) is 0. The Balaban J connectivity index is 0.846. The molecule has 306 valence electrons. The highest BCUT2D eigenvalue weighted by molar-refractivity contribution is 5.95. The Kier molecular flexibility index (Phi) is 8.65. The van der Waals surface area contributed by atoms with Crippen molar-refractivity contribution in [2.75, 3.05) is 4.90 Å². The molecule has 0 saturated heterocycles.